The molecule has 1 aromatic carbocycles. The van der Waals surface area contributed by atoms with Crippen molar-refractivity contribution >= 4 is 17.4 Å². The van der Waals surface area contributed by atoms with Gasteiger partial charge in [0.2, 0.25) is 0 Å². The second-order valence-electron chi connectivity index (χ2n) is 6.32. The first-order chi connectivity index (χ1) is 13.4. The van der Waals surface area contributed by atoms with Crippen LogP contribution in [-0.2, 0) is 11.3 Å². The summed E-state index contributed by atoms with van der Waals surface area (Å²) in [7, 11) is 0. The normalized spacial score (nSPS) is 12.0. The number of carbonyl (C=O) groups excluding carboxylic acids is 1. The Kier molecular flexibility index (Phi) is 5.48. The molecule has 1 amide bonds. The molecule has 1 atom stereocenters. The third-order valence-corrected chi connectivity index (χ3v) is 4.22. The molecular weight excluding hydrogens is 367 g/mol. The minimum Gasteiger partial charge on any atom is -0.358 e. The molecular formula is C18H19FN6O3. The number of nitrogens with one attached hydrogen (secondary N) is 1. The molecule has 0 aliphatic rings. The molecule has 28 heavy (non-hydrogen) atoms. The van der Waals surface area contributed by atoms with E-state index in [1.54, 1.807) is 36.9 Å². The van der Waals surface area contributed by atoms with Gasteiger partial charge in [-0.05, 0) is 36.0 Å². The Morgan fingerprint density at radius 3 is 2.82 bits per heavy atom. The van der Waals surface area contributed by atoms with Crippen LogP contribution in [0.25, 0.3) is 0 Å². The van der Waals surface area contributed by atoms with Crippen LogP contribution in [0.4, 0.5) is 15.9 Å². The van der Waals surface area contributed by atoms with E-state index < -0.39 is 11.0 Å². The number of hydrogen-bond acceptors (Lipinski definition) is 5. The number of nitro groups is 1. The highest BCUT2D eigenvalue weighted by molar-refractivity contribution is 5.93. The molecule has 9 nitrogen and oxygen atoms in total. The van der Waals surface area contributed by atoms with E-state index >= 15 is 0 Å². The molecule has 0 fully saturated rings. The first-order valence-corrected chi connectivity index (χ1v) is 8.65. The fourth-order valence-corrected chi connectivity index (χ4v) is 2.91. The second-order valence-corrected chi connectivity index (χ2v) is 6.32. The fraction of sp³-hybridized carbons (Fsp3) is 0.278. The van der Waals surface area contributed by atoms with Gasteiger partial charge < -0.3 is 15.4 Å². The van der Waals surface area contributed by atoms with Crippen molar-refractivity contribution in [2.45, 2.75) is 32.9 Å². The first-order valence-electron chi connectivity index (χ1n) is 8.65. The molecule has 3 aromatic rings. The summed E-state index contributed by atoms with van der Waals surface area (Å²) < 4.78 is 16.2. The molecule has 0 saturated carbocycles. The summed E-state index contributed by atoms with van der Waals surface area (Å²) in [5.74, 6) is -0.978. The third-order valence-electron chi connectivity index (χ3n) is 4.22. The Hall–Kier alpha value is -3.56. The summed E-state index contributed by atoms with van der Waals surface area (Å²) in [5.41, 5.74) is 1.74. The highest BCUT2D eigenvalue weighted by Gasteiger charge is 2.27. The van der Waals surface area contributed by atoms with Crippen molar-refractivity contribution in [2.75, 3.05) is 5.32 Å². The van der Waals surface area contributed by atoms with E-state index in [0.29, 0.717) is 24.3 Å². The largest absolute Gasteiger partial charge is 0.390 e. The van der Waals surface area contributed by atoms with Crippen LogP contribution in [0.15, 0.2) is 42.7 Å². The van der Waals surface area contributed by atoms with Crippen LogP contribution in [0.3, 0.4) is 0 Å². The van der Waals surface area contributed by atoms with Crippen LogP contribution < -0.4 is 5.32 Å². The van der Waals surface area contributed by atoms with Crippen molar-refractivity contribution in [2.24, 2.45) is 0 Å². The summed E-state index contributed by atoms with van der Waals surface area (Å²) in [6.45, 7) is 3.81. The number of aryl methyl sites for hydroxylation is 1. The molecule has 0 spiro atoms. The minimum atomic E-state index is -0.694. The predicted molar refractivity (Wildman–Crippen MR) is 99.3 cm³/mol. The Morgan fingerprint density at radius 2 is 2.18 bits per heavy atom. The molecule has 0 radical (unpaired) electrons. The minimum absolute atomic E-state index is 0.299. The zero-order valence-electron chi connectivity index (χ0n) is 15.4. The summed E-state index contributed by atoms with van der Waals surface area (Å²) in [4.78, 5) is 23.0. The molecule has 3 rings (SSSR count). The molecule has 1 unspecified atom stereocenters. The number of halogens is 1. The maximum absolute atomic E-state index is 13.3. The number of amides is 1. The van der Waals surface area contributed by atoms with Crippen LogP contribution in [0.5, 0.6) is 0 Å². The van der Waals surface area contributed by atoms with Crippen molar-refractivity contribution in [3.63, 3.8) is 0 Å². The molecule has 10 heteroatoms. The van der Waals surface area contributed by atoms with Gasteiger partial charge in [-0.15, -0.1) is 0 Å². The van der Waals surface area contributed by atoms with Gasteiger partial charge in [0.1, 0.15) is 5.82 Å². The number of benzene rings is 1. The van der Waals surface area contributed by atoms with Crippen LogP contribution >= 0.6 is 0 Å². The monoisotopic (exact) mass is 386 g/mol. The van der Waals surface area contributed by atoms with Crippen molar-refractivity contribution in [1.29, 1.82) is 0 Å². The summed E-state index contributed by atoms with van der Waals surface area (Å²) >= 11 is 0. The molecule has 2 aromatic heterocycles. The molecule has 0 saturated heterocycles. The van der Waals surface area contributed by atoms with Gasteiger partial charge in [0, 0.05) is 6.20 Å². The van der Waals surface area contributed by atoms with Gasteiger partial charge in [-0.3, -0.25) is 9.48 Å². The smallest absolute Gasteiger partial charge is 0.358 e. The average Bonchev–Trinajstić information content (AvgIpc) is 3.23. The van der Waals surface area contributed by atoms with E-state index in [1.165, 1.54) is 29.1 Å². The molecule has 0 bridgehead atoms. The van der Waals surface area contributed by atoms with E-state index in [-0.39, 0.29) is 17.5 Å². The predicted octanol–water partition coefficient (Wildman–Crippen LogP) is 3.07. The van der Waals surface area contributed by atoms with Crippen LogP contribution in [0.1, 0.15) is 30.6 Å². The number of nitrogens with zero attached hydrogens (tertiary/aromatic N) is 5. The van der Waals surface area contributed by atoms with Gasteiger partial charge >= 0.3 is 5.82 Å². The number of hydrogen-bond donors (Lipinski definition) is 1. The van der Waals surface area contributed by atoms with Gasteiger partial charge in [-0.2, -0.15) is 9.78 Å². The van der Waals surface area contributed by atoms with Gasteiger partial charge in [0.25, 0.3) is 5.91 Å². The SMILES string of the molecule is CCC(C(=O)Nc1cnn(Cc2cccc(F)c2)c1)n1nc([N+](=O)[O-])cc1C. The lowest BCUT2D eigenvalue weighted by Crippen LogP contribution is -2.27. The van der Waals surface area contributed by atoms with Crippen LogP contribution in [-0.4, -0.2) is 30.4 Å². The highest BCUT2D eigenvalue weighted by atomic mass is 19.1. The zero-order chi connectivity index (χ0) is 20.3. The van der Waals surface area contributed by atoms with E-state index in [1.807, 2.05) is 0 Å². The Morgan fingerprint density at radius 1 is 1.39 bits per heavy atom. The second kappa shape index (κ2) is 7.99. The highest BCUT2D eigenvalue weighted by Crippen LogP contribution is 2.20. The summed E-state index contributed by atoms with van der Waals surface area (Å²) in [5, 5.41) is 21.7. The summed E-state index contributed by atoms with van der Waals surface area (Å²) in [6, 6.07) is 6.82. The number of carbonyl (C=O) groups is 1. The van der Waals surface area contributed by atoms with Crippen LogP contribution in [0.2, 0.25) is 0 Å². The maximum Gasteiger partial charge on any atom is 0.390 e. The first kappa shape index (κ1) is 19.2. The number of anilines is 1. The topological polar surface area (TPSA) is 108 Å². The molecule has 0 aliphatic heterocycles. The Balaban J connectivity index is 1.71. The van der Waals surface area contributed by atoms with E-state index in [2.05, 4.69) is 15.5 Å². The lowest BCUT2D eigenvalue weighted by atomic mass is 10.2. The van der Waals surface area contributed by atoms with Gasteiger partial charge in [-0.25, -0.2) is 4.39 Å². The van der Waals surface area contributed by atoms with Gasteiger partial charge in [-0.1, -0.05) is 19.1 Å². The fourth-order valence-electron chi connectivity index (χ4n) is 2.91. The average molecular weight is 386 g/mol. The Labute approximate surface area is 159 Å². The molecule has 0 aliphatic carbocycles. The van der Waals surface area contributed by atoms with Crippen molar-refractivity contribution in [3.05, 3.63) is 69.9 Å². The maximum atomic E-state index is 13.3. The van der Waals surface area contributed by atoms with Crippen molar-refractivity contribution in [1.82, 2.24) is 19.6 Å². The third kappa shape index (κ3) is 4.22. The molecule has 146 valence electrons. The van der Waals surface area contributed by atoms with Gasteiger partial charge in [0.05, 0.1) is 35.3 Å². The Bertz CT molecular complexity index is 1010. The van der Waals surface area contributed by atoms with Crippen molar-refractivity contribution in [3.8, 4) is 0 Å². The lowest BCUT2D eigenvalue weighted by molar-refractivity contribution is -0.389. The van der Waals surface area contributed by atoms with E-state index in [4.69, 9.17) is 0 Å². The summed E-state index contributed by atoms with van der Waals surface area (Å²) in [6.07, 6.45) is 3.53. The van der Waals surface area contributed by atoms with E-state index in [9.17, 15) is 19.3 Å². The standard InChI is InChI=1S/C18H19FN6O3/c1-3-16(24-12(2)7-17(22-24)25(27)28)18(26)21-15-9-20-23(11-15)10-13-5-4-6-14(19)8-13/h4-9,11,16H,3,10H2,1-2H3,(H,21,26). The quantitative estimate of drug-likeness (QED) is 0.496. The van der Waals surface area contributed by atoms with Crippen molar-refractivity contribution < 1.29 is 14.1 Å². The number of aromatic nitrogens is 4. The zero-order valence-corrected chi connectivity index (χ0v) is 15.4. The van der Waals surface area contributed by atoms with E-state index in [0.717, 1.165) is 5.56 Å². The molecule has 2 heterocycles. The lowest BCUT2D eigenvalue weighted by Gasteiger charge is -2.13. The van der Waals surface area contributed by atoms with Crippen LogP contribution in [0, 0.1) is 22.9 Å². The van der Waals surface area contributed by atoms with Gasteiger partial charge in [0.15, 0.2) is 6.04 Å². The number of rotatable bonds is 7. The molecule has 1 N–H and O–H groups in total.